The highest BCUT2D eigenvalue weighted by atomic mass is 16.5. The van der Waals surface area contributed by atoms with Gasteiger partial charge >= 0.3 is 5.97 Å². The zero-order chi connectivity index (χ0) is 20.1. The lowest BCUT2D eigenvalue weighted by Crippen LogP contribution is -2.39. The van der Waals surface area contributed by atoms with Gasteiger partial charge < -0.3 is 15.0 Å². The lowest BCUT2D eigenvalue weighted by atomic mass is 9.99. The van der Waals surface area contributed by atoms with Crippen molar-refractivity contribution < 1.29 is 19.1 Å². The quantitative estimate of drug-likeness (QED) is 0.823. The van der Waals surface area contributed by atoms with Crippen molar-refractivity contribution in [3.05, 3.63) is 59.4 Å². The zero-order valence-electron chi connectivity index (χ0n) is 16.0. The molecule has 28 heavy (non-hydrogen) atoms. The van der Waals surface area contributed by atoms with Crippen molar-refractivity contribution in [3.8, 4) is 0 Å². The highest BCUT2D eigenvalue weighted by Crippen LogP contribution is 2.19. The Morgan fingerprint density at radius 1 is 1.21 bits per heavy atom. The molecule has 0 radical (unpaired) electrons. The number of carbonyl (C=O) groups is 3. The fraction of sp³-hybridized carbons (Fsp3) is 0.333. The first-order chi connectivity index (χ1) is 13.5. The van der Waals surface area contributed by atoms with Gasteiger partial charge in [0.2, 0.25) is 0 Å². The number of esters is 1. The molecule has 2 amide bonds. The van der Waals surface area contributed by atoms with E-state index in [0.29, 0.717) is 17.2 Å². The molecule has 2 aromatic rings. The molecule has 1 aliphatic heterocycles. The number of aromatic nitrogens is 1. The molecule has 1 aromatic heterocycles. The highest BCUT2D eigenvalue weighted by molar-refractivity contribution is 6.08. The molecule has 1 atom stereocenters. The third-order valence-corrected chi connectivity index (χ3v) is 4.76. The summed E-state index contributed by atoms with van der Waals surface area (Å²) >= 11 is 0. The van der Waals surface area contributed by atoms with Gasteiger partial charge in [0.1, 0.15) is 5.69 Å². The monoisotopic (exact) mass is 381 g/mol. The van der Waals surface area contributed by atoms with Gasteiger partial charge in [0.15, 0.2) is 0 Å². The van der Waals surface area contributed by atoms with E-state index in [4.69, 9.17) is 4.74 Å². The fourth-order valence-electron chi connectivity index (χ4n) is 3.31. The van der Waals surface area contributed by atoms with E-state index in [1.165, 1.54) is 19.4 Å². The Morgan fingerprint density at radius 2 is 2.00 bits per heavy atom. The number of anilines is 1. The fourth-order valence-corrected chi connectivity index (χ4v) is 3.31. The molecule has 0 saturated carbocycles. The predicted molar refractivity (Wildman–Crippen MR) is 104 cm³/mol. The number of pyridine rings is 1. The van der Waals surface area contributed by atoms with Crippen molar-refractivity contribution in [1.29, 1.82) is 0 Å². The number of piperidine rings is 1. The van der Waals surface area contributed by atoms with Crippen molar-refractivity contribution in [2.45, 2.75) is 19.8 Å². The van der Waals surface area contributed by atoms with Gasteiger partial charge in [0, 0.05) is 24.8 Å². The largest absolute Gasteiger partial charge is 0.465 e. The Balaban J connectivity index is 1.78. The number of methoxy groups -OCH3 is 1. The van der Waals surface area contributed by atoms with Gasteiger partial charge in [0.25, 0.3) is 11.8 Å². The maximum atomic E-state index is 12.8. The molecule has 1 N–H and O–H groups in total. The summed E-state index contributed by atoms with van der Waals surface area (Å²) < 4.78 is 4.73. The normalized spacial score (nSPS) is 16.4. The molecular weight excluding hydrogens is 358 g/mol. The van der Waals surface area contributed by atoms with E-state index in [1.807, 2.05) is 4.90 Å². The molecule has 7 heteroatoms. The summed E-state index contributed by atoms with van der Waals surface area (Å²) in [4.78, 5) is 43.1. The number of likely N-dealkylation sites (tertiary alicyclic amines) is 1. The Labute approximate surface area is 163 Å². The van der Waals surface area contributed by atoms with Crippen molar-refractivity contribution in [3.63, 3.8) is 0 Å². The van der Waals surface area contributed by atoms with Crippen molar-refractivity contribution in [2.24, 2.45) is 5.92 Å². The number of para-hydroxylation sites is 1. The molecule has 3 rings (SSSR count). The minimum Gasteiger partial charge on any atom is -0.465 e. The Morgan fingerprint density at radius 3 is 2.75 bits per heavy atom. The molecule has 0 bridgehead atoms. The molecule has 2 heterocycles. The van der Waals surface area contributed by atoms with Crippen molar-refractivity contribution >= 4 is 23.5 Å². The van der Waals surface area contributed by atoms with Gasteiger partial charge in [0.05, 0.1) is 18.4 Å². The summed E-state index contributed by atoms with van der Waals surface area (Å²) in [5.41, 5.74) is 1.10. The van der Waals surface area contributed by atoms with Crippen LogP contribution >= 0.6 is 0 Å². The van der Waals surface area contributed by atoms with Crippen LogP contribution in [0.4, 0.5) is 5.69 Å². The summed E-state index contributed by atoms with van der Waals surface area (Å²) in [6.07, 6.45) is 3.55. The summed E-state index contributed by atoms with van der Waals surface area (Å²) in [6, 6.07) is 9.64. The van der Waals surface area contributed by atoms with Crippen molar-refractivity contribution in [1.82, 2.24) is 9.88 Å². The van der Waals surface area contributed by atoms with Gasteiger partial charge in [-0.05, 0) is 43.0 Å². The number of amides is 2. The third kappa shape index (κ3) is 4.36. The van der Waals surface area contributed by atoms with E-state index >= 15 is 0 Å². The predicted octanol–water partition coefficient (Wildman–Crippen LogP) is 2.99. The van der Waals surface area contributed by atoms with Crippen LogP contribution in [0.3, 0.4) is 0 Å². The van der Waals surface area contributed by atoms with Gasteiger partial charge in [-0.25, -0.2) is 4.79 Å². The number of hydrogen-bond acceptors (Lipinski definition) is 5. The van der Waals surface area contributed by atoms with E-state index in [1.54, 1.807) is 30.3 Å². The van der Waals surface area contributed by atoms with Gasteiger partial charge in [-0.15, -0.1) is 0 Å². The number of nitrogens with one attached hydrogen (secondary N) is 1. The molecule has 1 aromatic carbocycles. The van der Waals surface area contributed by atoms with E-state index in [-0.39, 0.29) is 17.2 Å². The number of benzene rings is 1. The first kappa shape index (κ1) is 19.5. The third-order valence-electron chi connectivity index (χ3n) is 4.76. The van der Waals surface area contributed by atoms with Crippen LogP contribution in [-0.4, -0.2) is 47.9 Å². The van der Waals surface area contributed by atoms with Crippen LogP contribution in [0, 0.1) is 5.92 Å². The maximum Gasteiger partial charge on any atom is 0.339 e. The van der Waals surface area contributed by atoms with E-state index < -0.39 is 11.9 Å². The van der Waals surface area contributed by atoms with Crippen LogP contribution in [0.1, 0.15) is 51.0 Å². The van der Waals surface area contributed by atoms with E-state index in [0.717, 1.165) is 25.9 Å². The van der Waals surface area contributed by atoms with Crippen LogP contribution < -0.4 is 5.32 Å². The molecular formula is C21H23N3O4. The molecule has 1 aliphatic rings. The lowest BCUT2D eigenvalue weighted by molar-refractivity contribution is 0.0601. The lowest BCUT2D eigenvalue weighted by Gasteiger charge is -2.31. The minimum atomic E-state index is -0.549. The van der Waals surface area contributed by atoms with E-state index in [9.17, 15) is 14.4 Å². The van der Waals surface area contributed by atoms with Crippen molar-refractivity contribution in [2.75, 3.05) is 25.5 Å². The smallest absolute Gasteiger partial charge is 0.339 e. The Hall–Kier alpha value is -3.22. The van der Waals surface area contributed by atoms with Crippen LogP contribution in [0.5, 0.6) is 0 Å². The number of ether oxygens (including phenoxy) is 1. The SMILES string of the molecule is COC(=O)c1ccccc1NC(=O)c1cc(C(=O)N2CCCC(C)C2)ccn1. The zero-order valence-corrected chi connectivity index (χ0v) is 16.0. The second kappa shape index (κ2) is 8.65. The standard InChI is InChI=1S/C21H23N3O4/c1-14-6-5-11-24(13-14)20(26)15-9-10-22-18(12-15)19(25)23-17-8-4-3-7-16(17)21(27)28-2/h3-4,7-10,12,14H,5-6,11,13H2,1-2H3,(H,23,25). The molecule has 0 spiro atoms. The summed E-state index contributed by atoms with van der Waals surface area (Å²) in [5, 5.41) is 2.67. The van der Waals surface area contributed by atoms with Gasteiger partial charge in [-0.3, -0.25) is 14.6 Å². The second-order valence-electron chi connectivity index (χ2n) is 6.92. The van der Waals surface area contributed by atoms with E-state index in [2.05, 4.69) is 17.2 Å². The molecule has 146 valence electrons. The average molecular weight is 381 g/mol. The number of carbonyl (C=O) groups excluding carboxylic acids is 3. The molecule has 1 saturated heterocycles. The van der Waals surface area contributed by atoms with Crippen LogP contribution in [-0.2, 0) is 4.74 Å². The Bertz CT molecular complexity index is 897. The number of rotatable bonds is 4. The summed E-state index contributed by atoms with van der Waals surface area (Å²) in [7, 11) is 1.28. The minimum absolute atomic E-state index is 0.0991. The average Bonchev–Trinajstić information content (AvgIpc) is 2.73. The topological polar surface area (TPSA) is 88.6 Å². The van der Waals surface area contributed by atoms with Gasteiger partial charge in [-0.1, -0.05) is 19.1 Å². The van der Waals surface area contributed by atoms with Crippen LogP contribution in [0.15, 0.2) is 42.6 Å². The second-order valence-corrected chi connectivity index (χ2v) is 6.92. The van der Waals surface area contributed by atoms with Crippen LogP contribution in [0.25, 0.3) is 0 Å². The molecule has 7 nitrogen and oxygen atoms in total. The summed E-state index contributed by atoms with van der Waals surface area (Å²) in [6.45, 7) is 3.57. The first-order valence-electron chi connectivity index (χ1n) is 9.23. The number of hydrogen-bond donors (Lipinski definition) is 1. The Kier molecular flexibility index (Phi) is 6.03. The molecule has 1 unspecified atom stereocenters. The maximum absolute atomic E-state index is 12.8. The van der Waals surface area contributed by atoms with Crippen LogP contribution in [0.2, 0.25) is 0 Å². The highest BCUT2D eigenvalue weighted by Gasteiger charge is 2.23. The molecule has 0 aliphatic carbocycles. The molecule has 1 fully saturated rings. The first-order valence-corrected chi connectivity index (χ1v) is 9.23. The summed E-state index contributed by atoms with van der Waals surface area (Å²) in [5.74, 6) is -0.680. The van der Waals surface area contributed by atoms with Gasteiger partial charge in [-0.2, -0.15) is 0 Å². The number of nitrogens with zero attached hydrogens (tertiary/aromatic N) is 2.